The van der Waals surface area contributed by atoms with Gasteiger partial charge in [-0.3, -0.25) is 0 Å². The summed E-state index contributed by atoms with van der Waals surface area (Å²) in [6, 6.07) is 91.0. The summed E-state index contributed by atoms with van der Waals surface area (Å²) in [5, 5.41) is 19.8. The summed E-state index contributed by atoms with van der Waals surface area (Å²) in [7, 11) is 12.6. The minimum atomic E-state index is -0.393. The topological polar surface area (TPSA) is 497 Å². The van der Waals surface area contributed by atoms with Crippen LogP contribution in [-0.4, -0.2) is 117 Å². The average Bonchev–Trinajstić information content (AvgIpc) is 0.847. The lowest BCUT2D eigenvalue weighted by molar-refractivity contribution is 0.340. The molecule has 0 amide bonds. The van der Waals surface area contributed by atoms with Crippen LogP contribution in [0.1, 0.15) is 19.4 Å². The molecule has 138 heavy (non-hydrogen) atoms. The van der Waals surface area contributed by atoms with Crippen molar-refractivity contribution in [2.45, 2.75) is 50.1 Å². The number of hydrogen-bond acceptors (Lipinski definition) is 40. The normalized spacial score (nSPS) is 10.8. The Balaban J connectivity index is 0.000000150. The Morgan fingerprint density at radius 3 is 0.681 bits per heavy atom. The predicted octanol–water partition coefficient (Wildman–Crippen LogP) is 21.8. The van der Waals surface area contributed by atoms with Crippen molar-refractivity contribution >= 4 is 170 Å². The Morgan fingerprint density at radius 2 is 0.449 bits per heavy atom. The van der Waals surface area contributed by atoms with Crippen molar-refractivity contribution in [1.82, 2.24) is 89.7 Å². The van der Waals surface area contributed by atoms with Crippen molar-refractivity contribution in [2.75, 3.05) is 93.7 Å². The van der Waals surface area contributed by atoms with E-state index in [1.54, 1.807) is 80.3 Å². The number of methoxy groups -OCH3 is 2. The molecule has 0 fully saturated rings. The standard InChI is InChI=1S/C34H32N10O2S2.C32H28N10O2S2.C31H25FN10S2/c1-3-45-23-13-9-11-21(19-23)29-39-31(35)43-33(41-29)37-25-15-5-7-17-27(25)47-48-28-18-8-6-16-26(28)38-34-42-30(40-32(36)44-34)22-12-10-14-24(20-22)46-4-2;1-43-21-11-7-9-19(17-21)27-37-29(33)41-31(39-27)35-23-13-3-5-15-25(23)45-46-26-16-6-4-14-24(26)36-32-40-28(38-30(34)42-32)20-10-8-12-22(18-20)44-2;1-18-8-6-9-19(16-18)26-37-28(33)41-30(39-26)35-22-12-2-4-14-24(22)43-44-25-15-5-3-13-23(25)36-31-40-27(38-29(34)42-31)20-10-7-11-21(32)17-20/h5-20H,3-4H2,1-2H3,(H3,35,37,39,41,43)(H3,36,38,40,42,44);3-18H,1-2H3,(H3,33,35,37,39,41)(H3,34,36,38,40,42);2-17H,1H3,(H3,33,35,37,39,41)(H3,34,36,38,40,42). The molecule has 0 radical (unpaired) electrons. The van der Waals surface area contributed by atoms with Gasteiger partial charge in [0.1, 0.15) is 28.8 Å². The third kappa shape index (κ3) is 25.9. The molecule has 0 aliphatic heterocycles. The molecule has 18 N–H and O–H groups in total. The zero-order valence-corrected chi connectivity index (χ0v) is 79.0. The number of ether oxygens (including phenoxy) is 4. The monoisotopic (exact) mass is 1940 g/mol. The van der Waals surface area contributed by atoms with Gasteiger partial charge < -0.3 is 85.3 Å². The number of hydrogen-bond donors (Lipinski definition) is 12. The number of aromatic nitrogens is 18. The van der Waals surface area contributed by atoms with E-state index in [0.717, 1.165) is 108 Å². The van der Waals surface area contributed by atoms with Gasteiger partial charge in [0.2, 0.25) is 71.4 Å². The summed E-state index contributed by atoms with van der Waals surface area (Å²) >= 11 is 0. The molecule has 41 heteroatoms. The Hall–Kier alpha value is -16.5. The van der Waals surface area contributed by atoms with E-state index in [4.69, 9.17) is 53.3 Å². The van der Waals surface area contributed by atoms with E-state index in [-0.39, 0.29) is 47.5 Å². The first-order valence-corrected chi connectivity index (χ1v) is 48.7. The van der Waals surface area contributed by atoms with Crippen molar-refractivity contribution in [2.24, 2.45) is 0 Å². The number of rotatable bonds is 33. The Bertz CT molecular complexity index is 6910. The molecule has 0 bridgehead atoms. The van der Waals surface area contributed by atoms with Crippen molar-refractivity contribution in [3.05, 3.63) is 303 Å². The van der Waals surface area contributed by atoms with Gasteiger partial charge in [-0.15, -0.1) is 0 Å². The maximum absolute atomic E-state index is 13.8. The molecule has 0 aliphatic carbocycles. The molecule has 0 saturated carbocycles. The van der Waals surface area contributed by atoms with E-state index in [2.05, 4.69) is 122 Å². The Morgan fingerprint density at radius 1 is 0.239 bits per heavy atom. The first-order chi connectivity index (χ1) is 67.3. The number of aryl methyl sites for hydroxylation is 1. The molecule has 6 aromatic heterocycles. The number of nitrogens with one attached hydrogen (secondary N) is 6. The molecular formula is C97H85FN30O4S6. The van der Waals surface area contributed by atoms with Crippen LogP contribution in [0.15, 0.2) is 321 Å². The molecule has 0 unspecified atom stereocenters. The van der Waals surface area contributed by atoms with Crippen molar-refractivity contribution in [3.8, 4) is 91.3 Å². The molecule has 18 aromatic rings. The number of halogens is 1. The van der Waals surface area contributed by atoms with Crippen LogP contribution >= 0.6 is 64.8 Å². The number of para-hydroxylation sites is 6. The molecule has 0 spiro atoms. The number of benzene rings is 12. The fourth-order valence-corrected chi connectivity index (χ4v) is 19.9. The van der Waals surface area contributed by atoms with E-state index in [1.165, 1.54) is 22.9 Å². The quantitative estimate of drug-likeness (QED) is 0.0170. The second-order valence-electron chi connectivity index (χ2n) is 29.0. The Kier molecular flexibility index (Phi) is 31.6. The molecule has 34 nitrogen and oxygen atoms in total. The minimum absolute atomic E-state index is 0.0193. The van der Waals surface area contributed by atoms with Gasteiger partial charge in [0.25, 0.3) is 0 Å². The van der Waals surface area contributed by atoms with Gasteiger partial charge in [0.05, 0.1) is 61.6 Å². The van der Waals surface area contributed by atoms with Crippen LogP contribution in [-0.2, 0) is 0 Å². The average molecular weight is 1950 g/mol. The molecule has 0 atom stereocenters. The second kappa shape index (κ2) is 46.0. The summed E-state index contributed by atoms with van der Waals surface area (Å²) in [4.78, 5) is 84.9. The van der Waals surface area contributed by atoms with Gasteiger partial charge in [-0.2, -0.15) is 89.7 Å². The molecule has 6 heterocycles. The van der Waals surface area contributed by atoms with E-state index >= 15 is 0 Å². The zero-order valence-electron chi connectivity index (χ0n) is 74.1. The van der Waals surface area contributed by atoms with Gasteiger partial charge in [0, 0.05) is 62.8 Å². The van der Waals surface area contributed by atoms with Crippen LogP contribution in [0, 0.1) is 12.7 Å². The van der Waals surface area contributed by atoms with Crippen molar-refractivity contribution in [1.29, 1.82) is 0 Å². The highest BCUT2D eigenvalue weighted by Gasteiger charge is 2.21. The number of anilines is 18. The SMILES string of the molecule is CCOc1cccc(-c2nc(N)nc(Nc3ccccc3SSc3ccccc3Nc3nc(N)nc(-c4cccc(OCC)c4)n3)n2)c1.COc1cccc(-c2nc(N)nc(Nc3ccccc3SSc3ccccc3Nc3nc(N)nc(-c4cccc(OC)c4)n3)n2)c1.Cc1cccc(-c2nc(N)nc(Nc3ccccc3SSc3ccccc3Nc3nc(N)nc(-c4cccc(F)c4)n3)n2)c1. The van der Waals surface area contributed by atoms with E-state index in [0.29, 0.717) is 89.1 Å². The van der Waals surface area contributed by atoms with Crippen LogP contribution in [0.4, 0.5) is 110 Å². The van der Waals surface area contributed by atoms with Gasteiger partial charge in [0.15, 0.2) is 34.9 Å². The summed E-state index contributed by atoms with van der Waals surface area (Å²) in [5.41, 5.74) is 46.6. The van der Waals surface area contributed by atoms with E-state index in [9.17, 15) is 4.39 Å². The fourth-order valence-electron chi connectivity index (χ4n) is 13.0. The van der Waals surface area contributed by atoms with Gasteiger partial charge in [-0.1, -0.05) is 222 Å². The highest BCUT2D eigenvalue weighted by Crippen LogP contribution is 2.48. The fraction of sp³-hybridized carbons (Fsp3) is 0.0722. The smallest absolute Gasteiger partial charge is 0.232 e. The van der Waals surface area contributed by atoms with Crippen LogP contribution < -0.4 is 85.3 Å². The third-order valence-corrected chi connectivity index (χ3v) is 26.6. The van der Waals surface area contributed by atoms with Crippen LogP contribution in [0.3, 0.4) is 0 Å². The molecule has 690 valence electrons. The van der Waals surface area contributed by atoms with Crippen molar-refractivity contribution < 1.29 is 23.3 Å². The summed E-state index contributed by atoms with van der Waals surface area (Å²) in [6.07, 6.45) is 0. The minimum Gasteiger partial charge on any atom is -0.497 e. The Labute approximate surface area is 815 Å². The highest BCUT2D eigenvalue weighted by molar-refractivity contribution is 8.77. The zero-order chi connectivity index (χ0) is 95.6. The molecule has 18 rings (SSSR count). The van der Waals surface area contributed by atoms with E-state index in [1.807, 2.05) is 288 Å². The number of nitrogen functional groups attached to an aromatic ring is 6. The van der Waals surface area contributed by atoms with Gasteiger partial charge in [-0.05, 0) is 160 Å². The molecular weight excluding hydrogens is 1860 g/mol. The largest absolute Gasteiger partial charge is 0.497 e. The highest BCUT2D eigenvalue weighted by atomic mass is 33.1. The second-order valence-corrected chi connectivity index (χ2v) is 35.7. The number of nitrogens with zero attached hydrogens (tertiary/aromatic N) is 18. The molecule has 0 aliphatic rings. The van der Waals surface area contributed by atoms with Crippen LogP contribution in [0.25, 0.3) is 68.3 Å². The lowest BCUT2D eigenvalue weighted by Gasteiger charge is -2.13. The summed E-state index contributed by atoms with van der Waals surface area (Å²) in [5.74, 6) is 7.38. The lowest BCUT2D eigenvalue weighted by Crippen LogP contribution is -2.05. The first kappa shape index (κ1) is 94.7. The third-order valence-electron chi connectivity index (χ3n) is 19.2. The summed E-state index contributed by atoms with van der Waals surface area (Å²) in [6.45, 7) is 6.99. The van der Waals surface area contributed by atoms with E-state index < -0.39 is 5.82 Å². The van der Waals surface area contributed by atoms with Crippen molar-refractivity contribution in [3.63, 3.8) is 0 Å². The predicted molar refractivity (Wildman–Crippen MR) is 552 cm³/mol. The number of nitrogens with two attached hydrogens (primary N) is 6. The maximum atomic E-state index is 13.8. The van der Waals surface area contributed by atoms with Gasteiger partial charge >= 0.3 is 0 Å². The van der Waals surface area contributed by atoms with Crippen LogP contribution in [0.5, 0.6) is 23.0 Å². The molecule has 12 aromatic carbocycles. The van der Waals surface area contributed by atoms with Gasteiger partial charge in [-0.25, -0.2) is 4.39 Å². The molecule has 0 saturated heterocycles. The maximum Gasteiger partial charge on any atom is 0.232 e. The summed E-state index contributed by atoms with van der Waals surface area (Å²) < 4.78 is 35.8. The van der Waals surface area contributed by atoms with Crippen LogP contribution in [0.2, 0.25) is 0 Å². The first-order valence-electron chi connectivity index (χ1n) is 42.2. The lowest BCUT2D eigenvalue weighted by atomic mass is 10.1.